The molecule has 5 rings (SSSR count). The SMILES string of the molecule is c1ccc2c(c1)CC1=C(N2)[C@@H](c2ccc3c(c2)OCO3)NC1. The number of hydrogen-bond acceptors (Lipinski definition) is 4. The van der Waals surface area contributed by atoms with E-state index in [1.54, 1.807) is 0 Å². The molecule has 2 N–H and O–H groups in total. The number of fused-ring (bicyclic) bond motifs is 2. The third-order valence-electron chi connectivity index (χ3n) is 4.61. The molecule has 2 aromatic carbocycles. The van der Waals surface area contributed by atoms with Crippen LogP contribution in [0.2, 0.25) is 0 Å². The van der Waals surface area contributed by atoms with E-state index in [-0.39, 0.29) is 6.04 Å². The molecule has 3 aliphatic rings. The Morgan fingerprint density at radius 1 is 1.00 bits per heavy atom. The van der Waals surface area contributed by atoms with E-state index in [1.165, 1.54) is 28.1 Å². The molecule has 0 amide bonds. The molecule has 0 aliphatic carbocycles. The van der Waals surface area contributed by atoms with Gasteiger partial charge in [-0.1, -0.05) is 24.3 Å². The van der Waals surface area contributed by atoms with Crippen LogP contribution in [0.1, 0.15) is 17.2 Å². The number of para-hydroxylation sites is 1. The van der Waals surface area contributed by atoms with E-state index in [1.807, 2.05) is 6.07 Å². The standard InChI is InChI=1S/C18H16N2O2/c1-2-4-14-11(3-1)7-13-9-19-17(18(13)20-14)12-5-6-15-16(8-12)22-10-21-15/h1-6,8,17,19-20H,7,9-10H2/t17-/m1/s1. The van der Waals surface area contributed by atoms with Crippen molar-refractivity contribution >= 4 is 5.69 Å². The van der Waals surface area contributed by atoms with Gasteiger partial charge in [-0.3, -0.25) is 0 Å². The van der Waals surface area contributed by atoms with Crippen molar-refractivity contribution in [2.75, 3.05) is 18.7 Å². The second kappa shape index (κ2) is 4.52. The fraction of sp³-hybridized carbons (Fsp3) is 0.222. The lowest BCUT2D eigenvalue weighted by molar-refractivity contribution is 0.174. The van der Waals surface area contributed by atoms with E-state index in [4.69, 9.17) is 9.47 Å². The molecule has 4 nitrogen and oxygen atoms in total. The minimum absolute atomic E-state index is 0.192. The summed E-state index contributed by atoms with van der Waals surface area (Å²) < 4.78 is 10.9. The average Bonchev–Trinajstić information content (AvgIpc) is 3.18. The molecule has 2 aromatic rings. The van der Waals surface area contributed by atoms with Gasteiger partial charge in [0.2, 0.25) is 6.79 Å². The van der Waals surface area contributed by atoms with Crippen LogP contribution in [0.15, 0.2) is 53.7 Å². The van der Waals surface area contributed by atoms with Gasteiger partial charge < -0.3 is 20.1 Å². The summed E-state index contributed by atoms with van der Waals surface area (Å²) in [4.78, 5) is 0. The van der Waals surface area contributed by atoms with E-state index in [0.717, 1.165) is 24.5 Å². The molecule has 1 atom stereocenters. The Kier molecular flexibility index (Phi) is 2.49. The zero-order chi connectivity index (χ0) is 14.5. The molecule has 22 heavy (non-hydrogen) atoms. The number of benzene rings is 2. The normalized spacial score (nSPS) is 21.4. The molecule has 0 fully saturated rings. The zero-order valence-electron chi connectivity index (χ0n) is 12.1. The first-order valence-electron chi connectivity index (χ1n) is 7.58. The molecule has 3 aliphatic heterocycles. The fourth-order valence-corrected chi connectivity index (χ4v) is 3.49. The topological polar surface area (TPSA) is 42.5 Å². The predicted octanol–water partition coefficient (Wildman–Crippen LogP) is 2.98. The van der Waals surface area contributed by atoms with Gasteiger partial charge in [-0.25, -0.2) is 0 Å². The van der Waals surface area contributed by atoms with E-state index in [9.17, 15) is 0 Å². The van der Waals surface area contributed by atoms with E-state index >= 15 is 0 Å². The Balaban J connectivity index is 1.51. The maximum absolute atomic E-state index is 5.50. The van der Waals surface area contributed by atoms with Gasteiger partial charge in [-0.05, 0) is 41.3 Å². The van der Waals surface area contributed by atoms with Crippen LogP contribution in [0.4, 0.5) is 5.69 Å². The summed E-state index contributed by atoms with van der Waals surface area (Å²) >= 11 is 0. The molecule has 0 saturated carbocycles. The van der Waals surface area contributed by atoms with E-state index in [0.29, 0.717) is 6.79 Å². The Hall–Kier alpha value is -2.46. The van der Waals surface area contributed by atoms with Crippen molar-refractivity contribution in [2.45, 2.75) is 12.5 Å². The van der Waals surface area contributed by atoms with Crippen molar-refractivity contribution in [3.63, 3.8) is 0 Å². The maximum Gasteiger partial charge on any atom is 0.231 e. The lowest BCUT2D eigenvalue weighted by atomic mass is 9.95. The number of hydrogen-bond donors (Lipinski definition) is 2. The smallest absolute Gasteiger partial charge is 0.231 e. The van der Waals surface area contributed by atoms with Crippen LogP contribution in [0.25, 0.3) is 0 Å². The Bertz CT molecular complexity index is 797. The third-order valence-corrected chi connectivity index (χ3v) is 4.61. The minimum Gasteiger partial charge on any atom is -0.454 e. The summed E-state index contributed by atoms with van der Waals surface area (Å²) in [6.07, 6.45) is 1.02. The summed E-state index contributed by atoms with van der Waals surface area (Å²) in [6.45, 7) is 1.24. The van der Waals surface area contributed by atoms with E-state index in [2.05, 4.69) is 47.0 Å². The Morgan fingerprint density at radius 3 is 2.91 bits per heavy atom. The van der Waals surface area contributed by atoms with Gasteiger partial charge in [0.25, 0.3) is 0 Å². The second-order valence-corrected chi connectivity index (χ2v) is 5.90. The monoisotopic (exact) mass is 292 g/mol. The lowest BCUT2D eigenvalue weighted by Crippen LogP contribution is -2.19. The first kappa shape index (κ1) is 12.1. The molecule has 3 heterocycles. The van der Waals surface area contributed by atoms with Gasteiger partial charge in [0.05, 0.1) is 6.04 Å². The van der Waals surface area contributed by atoms with Crippen molar-refractivity contribution in [3.8, 4) is 11.5 Å². The Labute approximate surface area is 128 Å². The predicted molar refractivity (Wildman–Crippen MR) is 84.1 cm³/mol. The molecule has 4 heteroatoms. The number of nitrogens with one attached hydrogen (secondary N) is 2. The molecule has 0 unspecified atom stereocenters. The highest BCUT2D eigenvalue weighted by Gasteiger charge is 2.31. The van der Waals surface area contributed by atoms with Crippen molar-refractivity contribution in [2.24, 2.45) is 0 Å². The van der Waals surface area contributed by atoms with Crippen molar-refractivity contribution in [3.05, 3.63) is 64.9 Å². The van der Waals surface area contributed by atoms with Gasteiger partial charge in [-0.2, -0.15) is 0 Å². The first-order chi connectivity index (χ1) is 10.9. The van der Waals surface area contributed by atoms with Crippen LogP contribution in [0.5, 0.6) is 11.5 Å². The van der Waals surface area contributed by atoms with Crippen LogP contribution in [0, 0.1) is 0 Å². The van der Waals surface area contributed by atoms with Gasteiger partial charge in [-0.15, -0.1) is 0 Å². The average molecular weight is 292 g/mol. The maximum atomic E-state index is 5.50. The number of anilines is 1. The Morgan fingerprint density at radius 2 is 1.91 bits per heavy atom. The highest BCUT2D eigenvalue weighted by atomic mass is 16.7. The van der Waals surface area contributed by atoms with Crippen molar-refractivity contribution < 1.29 is 9.47 Å². The van der Waals surface area contributed by atoms with Gasteiger partial charge in [0.15, 0.2) is 11.5 Å². The van der Waals surface area contributed by atoms with Crippen molar-refractivity contribution in [1.29, 1.82) is 0 Å². The summed E-state index contributed by atoms with van der Waals surface area (Å²) in [5.41, 5.74) is 6.53. The van der Waals surface area contributed by atoms with Crippen LogP contribution in [-0.4, -0.2) is 13.3 Å². The highest BCUT2D eigenvalue weighted by Crippen LogP contribution is 2.40. The zero-order valence-corrected chi connectivity index (χ0v) is 12.1. The minimum atomic E-state index is 0.192. The second-order valence-electron chi connectivity index (χ2n) is 5.90. The number of ether oxygens (including phenoxy) is 2. The first-order valence-corrected chi connectivity index (χ1v) is 7.58. The van der Waals surface area contributed by atoms with Crippen molar-refractivity contribution in [1.82, 2.24) is 5.32 Å². The molecule has 0 bridgehead atoms. The van der Waals surface area contributed by atoms with Crippen LogP contribution >= 0.6 is 0 Å². The third kappa shape index (κ3) is 1.74. The quantitative estimate of drug-likeness (QED) is 0.848. The molecule has 0 spiro atoms. The molecular weight excluding hydrogens is 276 g/mol. The van der Waals surface area contributed by atoms with Gasteiger partial charge in [0, 0.05) is 17.9 Å². The number of rotatable bonds is 1. The molecule has 0 saturated heterocycles. The summed E-state index contributed by atoms with van der Waals surface area (Å²) in [6, 6.07) is 14.9. The van der Waals surface area contributed by atoms with Gasteiger partial charge in [0.1, 0.15) is 0 Å². The highest BCUT2D eigenvalue weighted by molar-refractivity contribution is 5.63. The largest absolute Gasteiger partial charge is 0.454 e. The molecule has 110 valence electrons. The van der Waals surface area contributed by atoms with Crippen LogP contribution in [-0.2, 0) is 6.42 Å². The van der Waals surface area contributed by atoms with Gasteiger partial charge >= 0.3 is 0 Å². The lowest BCUT2D eigenvalue weighted by Gasteiger charge is -2.24. The molecule has 0 aromatic heterocycles. The van der Waals surface area contributed by atoms with Crippen LogP contribution < -0.4 is 20.1 Å². The summed E-state index contributed by atoms with van der Waals surface area (Å²) in [5, 5.41) is 7.23. The molecular formula is C18H16N2O2. The fourth-order valence-electron chi connectivity index (χ4n) is 3.49. The molecule has 0 radical (unpaired) electrons. The van der Waals surface area contributed by atoms with E-state index < -0.39 is 0 Å². The van der Waals surface area contributed by atoms with Crippen LogP contribution in [0.3, 0.4) is 0 Å². The summed E-state index contributed by atoms with van der Waals surface area (Å²) in [5.74, 6) is 1.67. The summed E-state index contributed by atoms with van der Waals surface area (Å²) in [7, 11) is 0.